The Bertz CT molecular complexity index is 1250. The molecule has 3 fully saturated rings. The van der Waals surface area contributed by atoms with E-state index in [0.717, 1.165) is 22.2 Å². The van der Waals surface area contributed by atoms with E-state index in [1.165, 1.54) is 24.3 Å². The minimum absolute atomic E-state index is 0.00246. The summed E-state index contributed by atoms with van der Waals surface area (Å²) in [5.41, 5.74) is 0.155. The number of alkyl halides is 3. The van der Waals surface area contributed by atoms with Crippen molar-refractivity contribution in [2.45, 2.75) is 28.5 Å². The average Bonchev–Trinajstić information content (AvgIpc) is 3.49. The maximum absolute atomic E-state index is 14.0. The number of carbonyl (C=O) groups is 4. The lowest BCUT2D eigenvalue weighted by atomic mass is 9.81. The van der Waals surface area contributed by atoms with Gasteiger partial charge in [0.2, 0.25) is 0 Å². The van der Waals surface area contributed by atoms with E-state index in [2.05, 4.69) is 31.9 Å². The third kappa shape index (κ3) is 4.36. The molecule has 0 N–H and O–H groups in total. The number of hydrogen-bond acceptors (Lipinski definition) is 4. The van der Waals surface area contributed by atoms with E-state index in [9.17, 15) is 23.6 Å². The molecule has 1 saturated heterocycles. The molecule has 0 aromatic heterocycles. The molecular weight excluding hydrogens is 654 g/mol. The molecular formula is C26H21Br2Cl2FN2O4. The molecule has 3 aliphatic rings. The molecule has 7 atom stereocenters. The number of hydrogen-bond donors (Lipinski definition) is 0. The topological polar surface area (TPSA) is 74.8 Å². The fraction of sp³-hybridized carbons (Fsp3) is 0.385. The van der Waals surface area contributed by atoms with E-state index in [1.54, 1.807) is 12.1 Å². The third-order valence-corrected chi connectivity index (χ3v) is 11.4. The van der Waals surface area contributed by atoms with Crippen molar-refractivity contribution in [2.75, 3.05) is 5.88 Å². The van der Waals surface area contributed by atoms with Crippen LogP contribution in [0.1, 0.15) is 33.6 Å². The van der Waals surface area contributed by atoms with Crippen molar-refractivity contribution in [3.63, 3.8) is 0 Å². The summed E-state index contributed by atoms with van der Waals surface area (Å²) in [6.45, 7) is 0. The molecule has 2 aromatic carbocycles. The fourth-order valence-corrected chi connectivity index (χ4v) is 8.25. The summed E-state index contributed by atoms with van der Waals surface area (Å²) < 4.78 is 13.6. The Balaban J connectivity index is 1.61. The number of benzene rings is 2. The predicted octanol–water partition coefficient (Wildman–Crippen LogP) is 5.49. The lowest BCUT2D eigenvalue weighted by molar-refractivity contribution is -0.157. The highest BCUT2D eigenvalue weighted by atomic mass is 79.9. The Morgan fingerprint density at radius 3 is 2.11 bits per heavy atom. The zero-order chi connectivity index (χ0) is 26.6. The first-order valence-corrected chi connectivity index (χ1v) is 14.5. The molecule has 2 aromatic rings. The Labute approximate surface area is 239 Å². The van der Waals surface area contributed by atoms with Gasteiger partial charge in [-0.25, -0.2) is 9.40 Å². The molecule has 5 rings (SSSR count). The highest BCUT2D eigenvalue weighted by Gasteiger charge is 2.68. The van der Waals surface area contributed by atoms with E-state index < -0.39 is 47.2 Å². The Hall–Kier alpha value is -1.81. The average molecular weight is 675 g/mol. The summed E-state index contributed by atoms with van der Waals surface area (Å²) in [6.07, 6.45) is 0.667. The van der Waals surface area contributed by atoms with Gasteiger partial charge in [-0.1, -0.05) is 55.6 Å². The summed E-state index contributed by atoms with van der Waals surface area (Å²) in [7, 11) is 0. The van der Waals surface area contributed by atoms with Gasteiger partial charge in [-0.05, 0) is 61.1 Å². The van der Waals surface area contributed by atoms with Crippen molar-refractivity contribution in [2.24, 2.45) is 23.7 Å². The number of fused-ring (bicyclic) bond motifs is 5. The maximum atomic E-state index is 14.0. The van der Waals surface area contributed by atoms with Gasteiger partial charge in [0.1, 0.15) is 11.9 Å². The molecule has 11 heteroatoms. The van der Waals surface area contributed by atoms with Gasteiger partial charge in [-0.2, -0.15) is 5.01 Å². The first-order chi connectivity index (χ1) is 17.7. The molecule has 6 nitrogen and oxygen atoms in total. The first-order valence-electron chi connectivity index (χ1n) is 11.8. The van der Waals surface area contributed by atoms with E-state index in [0.29, 0.717) is 6.42 Å². The van der Waals surface area contributed by atoms with Crippen LogP contribution in [0.3, 0.4) is 0 Å². The highest BCUT2D eigenvalue weighted by Crippen LogP contribution is 2.60. The molecule has 0 radical (unpaired) electrons. The zero-order valence-electron chi connectivity index (χ0n) is 19.2. The van der Waals surface area contributed by atoms with Crippen LogP contribution in [0, 0.1) is 29.5 Å². The van der Waals surface area contributed by atoms with Crippen molar-refractivity contribution >= 4 is 78.6 Å². The minimum atomic E-state index is -1.30. The van der Waals surface area contributed by atoms with Crippen LogP contribution in [0.2, 0.25) is 5.02 Å². The zero-order valence-corrected chi connectivity index (χ0v) is 23.9. The molecule has 1 aliphatic heterocycles. The van der Waals surface area contributed by atoms with Gasteiger partial charge in [0.15, 0.2) is 5.78 Å². The predicted molar refractivity (Wildman–Crippen MR) is 143 cm³/mol. The summed E-state index contributed by atoms with van der Waals surface area (Å²) in [6, 6.07) is 9.78. The molecule has 2 saturated carbocycles. The second-order valence-electron chi connectivity index (χ2n) is 9.49. The third-order valence-electron chi connectivity index (χ3n) is 7.60. The Morgan fingerprint density at radius 2 is 1.57 bits per heavy atom. The first kappa shape index (κ1) is 26.8. The number of halogens is 5. The van der Waals surface area contributed by atoms with E-state index in [1.807, 2.05) is 0 Å². The maximum Gasteiger partial charge on any atom is 0.275 e. The number of ketones is 1. The number of Topliss-reactive ketones (excluding diaryl/α,β-unsaturated/α-hetero) is 1. The summed E-state index contributed by atoms with van der Waals surface area (Å²) in [5, 5.41) is 1.89. The summed E-state index contributed by atoms with van der Waals surface area (Å²) in [5.74, 6) is -4.31. The van der Waals surface area contributed by atoms with Crippen LogP contribution in [-0.2, 0) is 9.59 Å². The number of amides is 3. The Kier molecular flexibility index (Phi) is 7.53. The second-order valence-corrected chi connectivity index (χ2v) is 12.4. The van der Waals surface area contributed by atoms with Crippen LogP contribution in [0.4, 0.5) is 4.39 Å². The lowest BCUT2D eigenvalue weighted by Gasteiger charge is -2.37. The van der Waals surface area contributed by atoms with Crippen molar-refractivity contribution < 1.29 is 23.6 Å². The molecule has 2 aliphatic carbocycles. The molecule has 37 heavy (non-hydrogen) atoms. The fourth-order valence-electron chi connectivity index (χ4n) is 5.95. The molecule has 0 spiro atoms. The van der Waals surface area contributed by atoms with Crippen molar-refractivity contribution in [3.05, 3.63) is 70.5 Å². The van der Waals surface area contributed by atoms with Crippen LogP contribution in [0.15, 0.2) is 48.5 Å². The summed E-state index contributed by atoms with van der Waals surface area (Å²) >= 11 is 19.7. The van der Waals surface area contributed by atoms with Crippen molar-refractivity contribution in [3.8, 4) is 0 Å². The SMILES string of the molecule is O=C(c1ccc(F)cc1)[C@H](CCCl)N(C(=O)c1ccccc1Cl)N1C(=O)[C@@H]2[C@H]3C[C@@H]([C@@H](Br)[C@H]3Br)[C@H]2C1=O. The minimum Gasteiger partial charge on any atom is -0.292 e. The van der Waals surface area contributed by atoms with Gasteiger partial charge in [-0.15, -0.1) is 11.6 Å². The van der Waals surface area contributed by atoms with Crippen molar-refractivity contribution in [1.29, 1.82) is 0 Å². The van der Waals surface area contributed by atoms with E-state index >= 15 is 0 Å². The van der Waals surface area contributed by atoms with Crippen LogP contribution >= 0.6 is 55.1 Å². The smallest absolute Gasteiger partial charge is 0.275 e. The molecule has 0 unspecified atom stereocenters. The number of carbonyl (C=O) groups excluding carboxylic acids is 4. The van der Waals surface area contributed by atoms with Crippen molar-refractivity contribution in [1.82, 2.24) is 10.0 Å². The van der Waals surface area contributed by atoms with Gasteiger partial charge in [-0.3, -0.25) is 19.2 Å². The molecule has 1 heterocycles. The largest absolute Gasteiger partial charge is 0.292 e. The standard InChI is InChI=1S/C26H21Br2Cl2FN2O4/c27-21-15-11-16(22(21)28)20-19(15)25(36)33(26(20)37)32(24(35)14-3-1-2-4-17(14)30)18(9-10-29)23(34)12-5-7-13(31)8-6-12/h1-8,15-16,18-22H,9-11H2/t15-,16-,18+,19-,20-,21-,22+/m1/s1. The number of hydrazine groups is 1. The number of imide groups is 1. The van der Waals surface area contributed by atoms with Crippen LogP contribution in [0.25, 0.3) is 0 Å². The van der Waals surface area contributed by atoms with Gasteiger partial charge < -0.3 is 0 Å². The summed E-state index contributed by atoms with van der Waals surface area (Å²) in [4.78, 5) is 55.4. The van der Waals surface area contributed by atoms with E-state index in [-0.39, 0.29) is 49.9 Å². The number of nitrogens with zero attached hydrogens (tertiary/aromatic N) is 2. The molecule has 2 bridgehead atoms. The van der Waals surface area contributed by atoms with Crippen LogP contribution in [-0.4, -0.2) is 55.1 Å². The van der Waals surface area contributed by atoms with Crippen LogP contribution in [0.5, 0.6) is 0 Å². The van der Waals surface area contributed by atoms with E-state index in [4.69, 9.17) is 23.2 Å². The van der Waals surface area contributed by atoms with Gasteiger partial charge >= 0.3 is 0 Å². The Morgan fingerprint density at radius 1 is 1.00 bits per heavy atom. The van der Waals surface area contributed by atoms with Gasteiger partial charge in [0.25, 0.3) is 17.7 Å². The molecule has 3 amide bonds. The molecule has 194 valence electrons. The van der Waals surface area contributed by atoms with Gasteiger partial charge in [0.05, 0.1) is 22.4 Å². The highest BCUT2D eigenvalue weighted by molar-refractivity contribution is 9.12. The van der Waals surface area contributed by atoms with Crippen LogP contribution < -0.4 is 0 Å². The van der Waals surface area contributed by atoms with Gasteiger partial charge in [0, 0.05) is 21.1 Å². The quantitative estimate of drug-likeness (QED) is 0.221. The normalized spacial score (nSPS) is 28.9. The second kappa shape index (κ2) is 10.4. The monoisotopic (exact) mass is 672 g/mol. The number of rotatable bonds is 7. The lowest BCUT2D eigenvalue weighted by Crippen LogP contribution is -2.58.